The smallest absolute Gasteiger partial charge is 0.146 e. The van der Waals surface area contributed by atoms with Crippen LogP contribution in [0.15, 0.2) is 18.3 Å². The van der Waals surface area contributed by atoms with Crippen LogP contribution in [0, 0.1) is 0 Å². The number of rotatable bonds is 4. The minimum atomic E-state index is 0.460. The van der Waals surface area contributed by atoms with Crippen LogP contribution < -0.4 is 10.6 Å². The summed E-state index contributed by atoms with van der Waals surface area (Å²) in [6.07, 6.45) is 2.84. The van der Waals surface area contributed by atoms with E-state index in [4.69, 9.17) is 5.73 Å². The average molecular weight is 193 g/mol. The van der Waals surface area contributed by atoms with E-state index in [9.17, 15) is 0 Å². The van der Waals surface area contributed by atoms with E-state index in [-0.39, 0.29) is 0 Å². The molecule has 0 aliphatic heterocycles. The van der Waals surface area contributed by atoms with E-state index in [0.29, 0.717) is 11.9 Å². The fourth-order valence-electron chi connectivity index (χ4n) is 1.55. The van der Waals surface area contributed by atoms with Crippen LogP contribution >= 0.6 is 0 Å². The van der Waals surface area contributed by atoms with Gasteiger partial charge in [0.25, 0.3) is 0 Å². The van der Waals surface area contributed by atoms with Gasteiger partial charge in [0.15, 0.2) is 0 Å². The maximum absolute atomic E-state index is 5.84. The van der Waals surface area contributed by atoms with E-state index < -0.39 is 0 Å². The summed E-state index contributed by atoms with van der Waals surface area (Å²) in [6, 6.07) is 4.41. The maximum atomic E-state index is 5.84. The third-order valence-electron chi connectivity index (χ3n) is 2.21. The Labute approximate surface area is 85.9 Å². The zero-order valence-corrected chi connectivity index (χ0v) is 9.20. The molecule has 0 fully saturated rings. The summed E-state index contributed by atoms with van der Waals surface area (Å²) >= 11 is 0. The van der Waals surface area contributed by atoms with Crippen LogP contribution in [-0.2, 0) is 0 Å². The SMILES string of the molecule is CCCN(c1cccnc1N)C(C)C. The molecule has 0 amide bonds. The molecule has 0 aromatic carbocycles. The van der Waals surface area contributed by atoms with Gasteiger partial charge in [-0.05, 0) is 32.4 Å². The monoisotopic (exact) mass is 193 g/mol. The third-order valence-corrected chi connectivity index (χ3v) is 2.21. The zero-order valence-electron chi connectivity index (χ0n) is 9.20. The highest BCUT2D eigenvalue weighted by Crippen LogP contribution is 2.22. The van der Waals surface area contributed by atoms with E-state index in [2.05, 4.69) is 30.7 Å². The summed E-state index contributed by atoms with van der Waals surface area (Å²) in [5, 5.41) is 0. The quantitative estimate of drug-likeness (QED) is 0.797. The van der Waals surface area contributed by atoms with Gasteiger partial charge in [0.05, 0.1) is 5.69 Å². The summed E-state index contributed by atoms with van der Waals surface area (Å²) in [4.78, 5) is 6.38. The van der Waals surface area contributed by atoms with Gasteiger partial charge in [0, 0.05) is 18.8 Å². The molecule has 0 spiro atoms. The van der Waals surface area contributed by atoms with Crippen molar-refractivity contribution in [2.75, 3.05) is 17.2 Å². The Kier molecular flexibility index (Phi) is 3.74. The number of pyridine rings is 1. The maximum Gasteiger partial charge on any atom is 0.146 e. The summed E-state index contributed by atoms with van der Waals surface area (Å²) in [6.45, 7) is 7.53. The molecule has 78 valence electrons. The first kappa shape index (κ1) is 10.8. The fraction of sp³-hybridized carbons (Fsp3) is 0.545. The lowest BCUT2D eigenvalue weighted by molar-refractivity contribution is 0.671. The van der Waals surface area contributed by atoms with Gasteiger partial charge in [0.1, 0.15) is 5.82 Å². The van der Waals surface area contributed by atoms with Gasteiger partial charge in [-0.1, -0.05) is 6.92 Å². The number of anilines is 2. The van der Waals surface area contributed by atoms with Crippen molar-refractivity contribution in [2.45, 2.75) is 33.2 Å². The molecule has 0 unspecified atom stereocenters. The highest BCUT2D eigenvalue weighted by atomic mass is 15.2. The predicted octanol–water partition coefficient (Wildman–Crippen LogP) is 2.29. The number of nitrogens with zero attached hydrogens (tertiary/aromatic N) is 2. The number of aromatic nitrogens is 1. The Hall–Kier alpha value is -1.25. The van der Waals surface area contributed by atoms with Gasteiger partial charge in [-0.15, -0.1) is 0 Å². The van der Waals surface area contributed by atoms with Crippen molar-refractivity contribution in [1.82, 2.24) is 4.98 Å². The Morgan fingerprint density at radius 1 is 1.50 bits per heavy atom. The Bertz CT molecular complexity index is 284. The fourth-order valence-corrected chi connectivity index (χ4v) is 1.55. The van der Waals surface area contributed by atoms with Crippen molar-refractivity contribution in [3.63, 3.8) is 0 Å². The van der Waals surface area contributed by atoms with Crippen molar-refractivity contribution >= 4 is 11.5 Å². The highest BCUT2D eigenvalue weighted by molar-refractivity contribution is 5.63. The molecule has 1 aromatic rings. The van der Waals surface area contributed by atoms with E-state index >= 15 is 0 Å². The van der Waals surface area contributed by atoms with Crippen LogP contribution in [0.2, 0.25) is 0 Å². The van der Waals surface area contributed by atoms with E-state index in [1.165, 1.54) is 0 Å². The second-order valence-electron chi connectivity index (χ2n) is 3.69. The molecule has 0 aliphatic rings. The molecular formula is C11H19N3. The second-order valence-corrected chi connectivity index (χ2v) is 3.69. The van der Waals surface area contributed by atoms with Gasteiger partial charge >= 0.3 is 0 Å². The van der Waals surface area contributed by atoms with Crippen LogP contribution in [0.25, 0.3) is 0 Å². The molecule has 0 saturated heterocycles. The molecule has 3 nitrogen and oxygen atoms in total. The molecular weight excluding hydrogens is 174 g/mol. The van der Waals surface area contributed by atoms with E-state index in [0.717, 1.165) is 18.7 Å². The van der Waals surface area contributed by atoms with Crippen LogP contribution in [0.4, 0.5) is 11.5 Å². The lowest BCUT2D eigenvalue weighted by Gasteiger charge is -2.29. The minimum absolute atomic E-state index is 0.460. The largest absolute Gasteiger partial charge is 0.382 e. The summed E-state index contributed by atoms with van der Waals surface area (Å²) in [5.41, 5.74) is 6.88. The van der Waals surface area contributed by atoms with Gasteiger partial charge in [-0.25, -0.2) is 4.98 Å². The Balaban J connectivity index is 2.93. The molecule has 0 aliphatic carbocycles. The van der Waals surface area contributed by atoms with Crippen LogP contribution in [0.3, 0.4) is 0 Å². The first-order valence-electron chi connectivity index (χ1n) is 5.14. The molecule has 14 heavy (non-hydrogen) atoms. The molecule has 3 heteroatoms. The molecule has 0 radical (unpaired) electrons. The molecule has 1 aromatic heterocycles. The first-order chi connectivity index (χ1) is 6.66. The van der Waals surface area contributed by atoms with Gasteiger partial charge < -0.3 is 10.6 Å². The van der Waals surface area contributed by atoms with Crippen molar-refractivity contribution in [3.8, 4) is 0 Å². The summed E-state index contributed by atoms with van der Waals surface area (Å²) in [5.74, 6) is 0.620. The van der Waals surface area contributed by atoms with Crippen molar-refractivity contribution in [1.29, 1.82) is 0 Å². The standard InChI is InChI=1S/C11H19N3/c1-4-8-14(9(2)3)10-6-5-7-13-11(10)12/h5-7,9H,4,8H2,1-3H3,(H2,12,13). The number of hydrogen-bond donors (Lipinski definition) is 1. The average Bonchev–Trinajstić information content (AvgIpc) is 2.15. The van der Waals surface area contributed by atoms with Gasteiger partial charge in [-0.3, -0.25) is 0 Å². The number of hydrogen-bond acceptors (Lipinski definition) is 3. The van der Waals surface area contributed by atoms with Crippen molar-refractivity contribution in [3.05, 3.63) is 18.3 Å². The normalized spacial score (nSPS) is 10.6. The van der Waals surface area contributed by atoms with Crippen molar-refractivity contribution < 1.29 is 0 Å². The molecule has 1 heterocycles. The van der Waals surface area contributed by atoms with Crippen LogP contribution in [0.1, 0.15) is 27.2 Å². The molecule has 0 atom stereocenters. The second kappa shape index (κ2) is 4.84. The van der Waals surface area contributed by atoms with Crippen LogP contribution in [-0.4, -0.2) is 17.6 Å². The van der Waals surface area contributed by atoms with E-state index in [1.807, 2.05) is 12.1 Å². The van der Waals surface area contributed by atoms with Crippen molar-refractivity contribution in [2.24, 2.45) is 0 Å². The number of nitrogen functional groups attached to an aromatic ring is 1. The topological polar surface area (TPSA) is 42.2 Å². The summed E-state index contributed by atoms with van der Waals surface area (Å²) < 4.78 is 0. The lowest BCUT2D eigenvalue weighted by Crippen LogP contribution is -2.32. The van der Waals surface area contributed by atoms with Gasteiger partial charge in [-0.2, -0.15) is 0 Å². The molecule has 0 saturated carbocycles. The Morgan fingerprint density at radius 2 is 2.21 bits per heavy atom. The van der Waals surface area contributed by atoms with E-state index in [1.54, 1.807) is 6.20 Å². The zero-order chi connectivity index (χ0) is 10.6. The first-order valence-corrected chi connectivity index (χ1v) is 5.14. The minimum Gasteiger partial charge on any atom is -0.382 e. The predicted molar refractivity (Wildman–Crippen MR) is 61.4 cm³/mol. The Morgan fingerprint density at radius 3 is 2.71 bits per heavy atom. The molecule has 1 rings (SSSR count). The van der Waals surface area contributed by atoms with Crippen LogP contribution in [0.5, 0.6) is 0 Å². The lowest BCUT2D eigenvalue weighted by atomic mass is 10.2. The van der Waals surface area contributed by atoms with Gasteiger partial charge in [0.2, 0.25) is 0 Å². The number of nitrogens with two attached hydrogens (primary N) is 1. The summed E-state index contributed by atoms with van der Waals surface area (Å²) in [7, 11) is 0. The molecule has 2 N–H and O–H groups in total. The highest BCUT2D eigenvalue weighted by Gasteiger charge is 2.11. The third kappa shape index (κ3) is 2.37. The molecule has 0 bridgehead atoms.